The molecule has 9 heteroatoms. The highest BCUT2D eigenvalue weighted by molar-refractivity contribution is 6.07. The smallest absolute Gasteiger partial charge is 0.346 e. The molecule has 2 aromatic heterocycles. The molecule has 0 radical (unpaired) electrons. The number of carbonyl (C=O) groups excluding carboxylic acids is 2. The van der Waals surface area contributed by atoms with E-state index in [1.54, 1.807) is 38.3 Å². The Bertz CT molecular complexity index is 1190. The van der Waals surface area contributed by atoms with Gasteiger partial charge in [-0.05, 0) is 51.5 Å². The summed E-state index contributed by atoms with van der Waals surface area (Å²) in [5.41, 5.74) is 1.98. The van der Waals surface area contributed by atoms with Gasteiger partial charge in [-0.25, -0.2) is 4.79 Å². The molecule has 1 aliphatic heterocycles. The number of aromatic nitrogens is 2. The summed E-state index contributed by atoms with van der Waals surface area (Å²) >= 11 is 0. The molecule has 3 heterocycles. The van der Waals surface area contributed by atoms with Crippen LogP contribution in [0.15, 0.2) is 46.0 Å². The van der Waals surface area contributed by atoms with E-state index in [1.165, 1.54) is 6.21 Å². The highest BCUT2D eigenvalue weighted by Crippen LogP contribution is 2.30. The second kappa shape index (κ2) is 7.42. The van der Waals surface area contributed by atoms with Gasteiger partial charge in [-0.3, -0.25) is 9.36 Å². The summed E-state index contributed by atoms with van der Waals surface area (Å²) in [7, 11) is 1.57. The van der Waals surface area contributed by atoms with Gasteiger partial charge in [-0.15, -0.1) is 5.01 Å². The first kappa shape index (κ1) is 20.4. The average Bonchev–Trinajstić information content (AvgIpc) is 3.36. The van der Waals surface area contributed by atoms with Crippen LogP contribution >= 0.6 is 0 Å². The zero-order valence-corrected chi connectivity index (χ0v) is 18.0. The van der Waals surface area contributed by atoms with E-state index in [-0.39, 0.29) is 0 Å². The topological polar surface area (TPSA) is 102 Å². The van der Waals surface area contributed by atoms with Crippen molar-refractivity contribution in [1.29, 1.82) is 0 Å². The number of amides is 3. The van der Waals surface area contributed by atoms with Gasteiger partial charge in [-0.2, -0.15) is 5.10 Å². The molecule has 1 aliphatic rings. The molecule has 0 saturated carbocycles. The molecular weight excluding hydrogens is 398 g/mol. The highest BCUT2D eigenvalue weighted by atomic mass is 16.5. The fourth-order valence-electron chi connectivity index (χ4n) is 3.70. The number of nitrogens with zero attached hydrogens (tertiary/aromatic N) is 4. The van der Waals surface area contributed by atoms with Gasteiger partial charge in [0.1, 0.15) is 17.0 Å². The van der Waals surface area contributed by atoms with Gasteiger partial charge in [0.2, 0.25) is 0 Å². The van der Waals surface area contributed by atoms with Gasteiger partial charge in [0.15, 0.2) is 5.82 Å². The molecule has 1 N–H and O–H groups in total. The number of carbonyl (C=O) groups is 2. The number of aryl methyl sites for hydroxylation is 2. The zero-order chi connectivity index (χ0) is 22.3. The summed E-state index contributed by atoms with van der Waals surface area (Å²) in [6.45, 7) is 7.32. The van der Waals surface area contributed by atoms with Crippen molar-refractivity contribution in [3.8, 4) is 11.6 Å². The minimum absolute atomic E-state index is 0.458. The van der Waals surface area contributed by atoms with Crippen LogP contribution in [0.4, 0.5) is 4.79 Å². The lowest BCUT2D eigenvalue weighted by atomic mass is 9.92. The van der Waals surface area contributed by atoms with Crippen LogP contribution in [0.1, 0.15) is 35.2 Å². The summed E-state index contributed by atoms with van der Waals surface area (Å²) in [5, 5.41) is 11.8. The Morgan fingerprint density at radius 3 is 2.48 bits per heavy atom. The largest absolute Gasteiger partial charge is 0.497 e. The SMILES string of the molecule is COc1ccc(C2(C)NC(=O)N(/N=C/c3cc(C)n(-c4cc(C)on4)c3C)C2=O)cc1. The third kappa shape index (κ3) is 3.37. The van der Waals surface area contributed by atoms with Crippen LogP contribution in [0.3, 0.4) is 0 Å². The average molecular weight is 421 g/mol. The van der Waals surface area contributed by atoms with E-state index in [0.717, 1.165) is 22.0 Å². The van der Waals surface area contributed by atoms with Crippen molar-refractivity contribution in [3.63, 3.8) is 0 Å². The van der Waals surface area contributed by atoms with E-state index in [0.29, 0.717) is 22.9 Å². The lowest BCUT2D eigenvalue weighted by molar-refractivity contribution is -0.131. The minimum Gasteiger partial charge on any atom is -0.497 e. The molecular formula is C22H23N5O4. The van der Waals surface area contributed by atoms with Gasteiger partial charge in [0.25, 0.3) is 5.91 Å². The highest BCUT2D eigenvalue weighted by Gasteiger charge is 2.49. The summed E-state index contributed by atoms with van der Waals surface area (Å²) in [4.78, 5) is 25.6. The van der Waals surface area contributed by atoms with Crippen LogP contribution in [0.5, 0.6) is 5.75 Å². The second-order valence-corrected chi connectivity index (χ2v) is 7.60. The molecule has 1 saturated heterocycles. The first-order valence-corrected chi connectivity index (χ1v) is 9.72. The summed E-state index contributed by atoms with van der Waals surface area (Å²) in [6.07, 6.45) is 1.50. The monoisotopic (exact) mass is 421 g/mol. The van der Waals surface area contributed by atoms with Crippen LogP contribution in [0.25, 0.3) is 5.82 Å². The Hall–Kier alpha value is -3.88. The minimum atomic E-state index is -1.21. The van der Waals surface area contributed by atoms with Gasteiger partial charge in [0.05, 0.1) is 13.3 Å². The van der Waals surface area contributed by atoms with Gasteiger partial charge in [-0.1, -0.05) is 17.3 Å². The third-order valence-electron chi connectivity index (χ3n) is 5.46. The Labute approximate surface area is 179 Å². The number of imide groups is 1. The molecule has 31 heavy (non-hydrogen) atoms. The summed E-state index contributed by atoms with van der Waals surface area (Å²) < 4.78 is 12.2. The molecule has 3 amide bonds. The molecule has 0 aliphatic carbocycles. The lowest BCUT2D eigenvalue weighted by Crippen LogP contribution is -2.40. The second-order valence-electron chi connectivity index (χ2n) is 7.60. The number of nitrogens with one attached hydrogen (secondary N) is 1. The fourth-order valence-corrected chi connectivity index (χ4v) is 3.70. The maximum absolute atomic E-state index is 13.1. The van der Waals surface area contributed by atoms with Gasteiger partial charge < -0.3 is 14.6 Å². The number of ether oxygens (including phenoxy) is 1. The van der Waals surface area contributed by atoms with Crippen LogP contribution in [-0.4, -0.2) is 40.0 Å². The Morgan fingerprint density at radius 1 is 1.16 bits per heavy atom. The Morgan fingerprint density at radius 2 is 1.87 bits per heavy atom. The third-order valence-corrected chi connectivity index (χ3v) is 5.46. The Balaban J connectivity index is 1.61. The van der Waals surface area contributed by atoms with Crippen molar-refractivity contribution >= 4 is 18.2 Å². The number of rotatable bonds is 5. The molecule has 1 fully saturated rings. The van der Waals surface area contributed by atoms with Crippen molar-refractivity contribution in [3.05, 3.63) is 64.7 Å². The number of hydrogen-bond donors (Lipinski definition) is 1. The number of benzene rings is 1. The zero-order valence-electron chi connectivity index (χ0n) is 18.0. The predicted octanol–water partition coefficient (Wildman–Crippen LogP) is 3.20. The van der Waals surface area contributed by atoms with E-state index in [2.05, 4.69) is 15.6 Å². The van der Waals surface area contributed by atoms with Gasteiger partial charge in [0, 0.05) is 23.0 Å². The molecule has 9 nitrogen and oxygen atoms in total. The normalized spacial score (nSPS) is 18.8. The molecule has 1 atom stereocenters. The van der Waals surface area contributed by atoms with Crippen molar-refractivity contribution in [1.82, 2.24) is 20.0 Å². The van der Waals surface area contributed by atoms with E-state index in [1.807, 2.05) is 37.5 Å². The molecule has 4 rings (SSSR count). The first-order chi connectivity index (χ1) is 14.7. The maximum atomic E-state index is 13.1. The fraction of sp³-hybridized carbons (Fsp3) is 0.273. The molecule has 1 aromatic carbocycles. The number of methoxy groups -OCH3 is 1. The molecule has 0 spiro atoms. The van der Waals surface area contributed by atoms with Crippen molar-refractivity contribution in [2.75, 3.05) is 7.11 Å². The summed E-state index contributed by atoms with van der Waals surface area (Å²) in [6, 6.07) is 10.1. The standard InChI is InChI=1S/C22H23N5O4/c1-13-10-16(15(3)26(13)19-11-14(2)31-25-19)12-23-27-20(28)22(4,24-21(27)29)17-6-8-18(30-5)9-7-17/h6-12H,1-5H3,(H,24,29)/b23-12+. The number of urea groups is 1. The quantitative estimate of drug-likeness (QED) is 0.503. The molecule has 160 valence electrons. The Kier molecular flexibility index (Phi) is 4.88. The van der Waals surface area contributed by atoms with Gasteiger partial charge >= 0.3 is 6.03 Å². The molecule has 0 bridgehead atoms. The van der Waals surface area contributed by atoms with Crippen LogP contribution in [-0.2, 0) is 10.3 Å². The number of hydrogen-bond acceptors (Lipinski definition) is 6. The lowest BCUT2D eigenvalue weighted by Gasteiger charge is -2.21. The van der Waals surface area contributed by atoms with Crippen molar-refractivity contribution < 1.29 is 18.8 Å². The van der Waals surface area contributed by atoms with Crippen LogP contribution in [0.2, 0.25) is 0 Å². The first-order valence-electron chi connectivity index (χ1n) is 9.72. The molecule has 3 aromatic rings. The van der Waals surface area contributed by atoms with Crippen molar-refractivity contribution in [2.24, 2.45) is 5.10 Å². The van der Waals surface area contributed by atoms with Crippen LogP contribution in [0, 0.1) is 20.8 Å². The van der Waals surface area contributed by atoms with E-state index in [9.17, 15) is 9.59 Å². The van der Waals surface area contributed by atoms with E-state index >= 15 is 0 Å². The maximum Gasteiger partial charge on any atom is 0.346 e. The molecule has 1 unspecified atom stereocenters. The van der Waals surface area contributed by atoms with Crippen molar-refractivity contribution in [2.45, 2.75) is 33.2 Å². The van der Waals surface area contributed by atoms with E-state index < -0.39 is 17.5 Å². The summed E-state index contributed by atoms with van der Waals surface area (Å²) in [5.74, 6) is 1.57. The van der Waals surface area contributed by atoms with E-state index in [4.69, 9.17) is 9.26 Å². The predicted molar refractivity (Wildman–Crippen MR) is 113 cm³/mol. The van der Waals surface area contributed by atoms with Crippen LogP contribution < -0.4 is 10.1 Å². The number of hydrazone groups is 1.